The van der Waals surface area contributed by atoms with Crippen LogP contribution in [0.4, 0.5) is 0 Å². The molecule has 6 heteroatoms. The van der Waals surface area contributed by atoms with Gasteiger partial charge in [-0.05, 0) is 249 Å². The highest BCUT2D eigenvalue weighted by atomic mass is 16.4. The predicted octanol–water partition coefficient (Wildman–Crippen LogP) is 16.1. The quantitative estimate of drug-likeness (QED) is 0.158. The molecule has 0 amide bonds. The second kappa shape index (κ2) is 21.7. The van der Waals surface area contributed by atoms with E-state index in [9.17, 15) is 20.1 Å². The highest BCUT2D eigenvalue weighted by Gasteiger charge is 2.82. The molecule has 470 valence electrons. The van der Waals surface area contributed by atoms with Crippen LogP contribution >= 0.6 is 0 Å². The molecule has 6 nitrogen and oxygen atoms in total. The maximum absolute atomic E-state index is 14.9. The van der Waals surface area contributed by atoms with Crippen molar-refractivity contribution in [3.8, 4) is 0 Å². The normalized spacial score (nSPS) is 41.4. The lowest BCUT2D eigenvalue weighted by atomic mass is 9.27. The van der Waals surface area contributed by atoms with Crippen molar-refractivity contribution in [3.05, 3.63) is 171 Å². The van der Waals surface area contributed by atoms with Gasteiger partial charge in [0.25, 0.3) is 0 Å². The maximum atomic E-state index is 14.9. The molecule has 5 N–H and O–H groups in total. The third-order valence-corrected chi connectivity index (χ3v) is 29.1. The van der Waals surface area contributed by atoms with Gasteiger partial charge in [-0.15, -0.1) is 0 Å². The van der Waals surface area contributed by atoms with E-state index in [4.69, 9.17) is 6.58 Å². The Labute approximate surface area is 532 Å². The number of aliphatic hydroxyl groups is 2. The first-order valence-electron chi connectivity index (χ1n) is 36.3. The van der Waals surface area contributed by atoms with E-state index in [1.54, 1.807) is 16.7 Å². The first-order valence-corrected chi connectivity index (χ1v) is 36.3. The van der Waals surface area contributed by atoms with Gasteiger partial charge in [0.1, 0.15) is 0 Å². The number of dihydropyridines is 1. The number of aliphatic hydroxyl groups excluding tert-OH is 2. The topological polar surface area (TPSA) is 102 Å². The van der Waals surface area contributed by atoms with E-state index in [0.29, 0.717) is 42.9 Å². The summed E-state index contributed by atoms with van der Waals surface area (Å²) in [5.74, 6) is 1.95. The molecule has 3 aromatic carbocycles. The molecule has 15 bridgehead atoms. The summed E-state index contributed by atoms with van der Waals surface area (Å²) in [7, 11) is 0. The predicted molar refractivity (Wildman–Crippen MR) is 360 cm³/mol. The first kappa shape index (κ1) is 58.9. The van der Waals surface area contributed by atoms with E-state index in [0.717, 1.165) is 89.5 Å². The monoisotopic (exact) mass is 1190 g/mol. The van der Waals surface area contributed by atoms with Crippen molar-refractivity contribution in [1.82, 2.24) is 10.6 Å². The van der Waals surface area contributed by atoms with E-state index >= 15 is 0 Å². The molecule has 0 radical (unpaired) electrons. The number of benzene rings is 3. The molecular formula is C83H104N2O4. The number of fused-ring (bicyclic) bond motifs is 1. The smallest absolute Gasteiger partial charge is 0.306 e. The molecule has 6 fully saturated rings. The molecule has 11 aliphatic carbocycles. The van der Waals surface area contributed by atoms with Gasteiger partial charge in [0, 0.05) is 46.6 Å². The molecule has 6 aliphatic heterocycles. The van der Waals surface area contributed by atoms with E-state index in [-0.39, 0.29) is 56.2 Å². The highest BCUT2D eigenvalue weighted by Crippen LogP contribution is 2.88. The van der Waals surface area contributed by atoms with E-state index in [2.05, 4.69) is 148 Å². The van der Waals surface area contributed by atoms with Crippen LogP contribution in [0.15, 0.2) is 143 Å². The fraction of sp³-hybridized carbons (Fsp3) is 0.602. The van der Waals surface area contributed by atoms with Crippen LogP contribution < -0.4 is 21.1 Å². The SMILES string of the molecule is C=C1CC[C@@H](C(=O)O)[C@H]2[C@H](O)C[C@]34C5=C(C[C@H](CC[C@]36CC[C@@]3(CC[C@H](Cc7ccccc7)C3)C6)[C@]24C)[C@]23CC[C@H](O)[C@@]4(C)CC=C(CC(C)C)[C@@](C=C6C(=c7ccccc7=C[C@@H]62)Cc2cccc(c2)C2=CC=C(NCCC[C@H]1C1CCCCC1)NC2)(C5)[C@@H]43. The molecule has 0 saturated heterocycles. The van der Waals surface area contributed by atoms with Crippen LogP contribution in [0, 0.1) is 91.2 Å². The number of allylic oxidation sites excluding steroid dienone is 9. The van der Waals surface area contributed by atoms with Gasteiger partial charge < -0.3 is 26.0 Å². The van der Waals surface area contributed by atoms with Crippen LogP contribution in [0.25, 0.3) is 17.2 Å². The zero-order chi connectivity index (χ0) is 60.9. The van der Waals surface area contributed by atoms with Crippen LogP contribution in [0.2, 0.25) is 0 Å². The summed E-state index contributed by atoms with van der Waals surface area (Å²) in [5.41, 5.74) is 13.1. The Bertz CT molecular complexity index is 3650. The summed E-state index contributed by atoms with van der Waals surface area (Å²) in [6.07, 6.45) is 39.4. The summed E-state index contributed by atoms with van der Waals surface area (Å²) in [4.78, 5) is 14.9. The number of aliphatic carboxylic acids is 1. The molecule has 17 aliphatic rings. The molecule has 4 spiro atoms. The number of nitrogens with one attached hydrogen (secondary N) is 2. The van der Waals surface area contributed by atoms with Gasteiger partial charge in [0.15, 0.2) is 0 Å². The van der Waals surface area contributed by atoms with Crippen molar-refractivity contribution in [2.45, 2.75) is 207 Å². The lowest BCUT2D eigenvalue weighted by Crippen LogP contribution is -2.71. The summed E-state index contributed by atoms with van der Waals surface area (Å²) < 4.78 is 0. The van der Waals surface area contributed by atoms with Gasteiger partial charge in [-0.1, -0.05) is 179 Å². The highest BCUT2D eigenvalue weighted by molar-refractivity contribution is 5.78. The van der Waals surface area contributed by atoms with Crippen LogP contribution in [0.3, 0.4) is 0 Å². The Hall–Kier alpha value is -5.17. The molecule has 0 aromatic heterocycles. The average Bonchev–Trinajstić information content (AvgIpc) is 1.62. The van der Waals surface area contributed by atoms with Crippen LogP contribution in [0.1, 0.15) is 198 Å². The van der Waals surface area contributed by atoms with Crippen molar-refractivity contribution < 1.29 is 20.1 Å². The fourth-order valence-corrected chi connectivity index (χ4v) is 25.9. The number of carboxylic acids is 1. The van der Waals surface area contributed by atoms with E-state index in [1.807, 2.05) is 0 Å². The van der Waals surface area contributed by atoms with Gasteiger partial charge >= 0.3 is 5.97 Å². The lowest BCUT2D eigenvalue weighted by Gasteiger charge is -2.77. The van der Waals surface area contributed by atoms with Crippen LogP contribution in [0.5, 0.6) is 0 Å². The second-order valence-corrected chi connectivity index (χ2v) is 33.4. The molecular weight excluding hydrogens is 1090 g/mol. The van der Waals surface area contributed by atoms with Crippen LogP contribution in [-0.2, 0) is 17.6 Å². The van der Waals surface area contributed by atoms with Gasteiger partial charge in [-0.25, -0.2) is 0 Å². The van der Waals surface area contributed by atoms with Crippen molar-refractivity contribution in [2.75, 3.05) is 13.1 Å². The Balaban J connectivity index is 0.923. The Morgan fingerprint density at radius 3 is 2.45 bits per heavy atom. The minimum Gasteiger partial charge on any atom is -0.481 e. The second-order valence-electron chi connectivity index (χ2n) is 33.4. The molecule has 0 unspecified atom stereocenters. The van der Waals surface area contributed by atoms with Crippen molar-refractivity contribution in [3.63, 3.8) is 0 Å². The molecule has 6 heterocycles. The molecule has 89 heavy (non-hydrogen) atoms. The maximum Gasteiger partial charge on any atom is 0.306 e. The largest absolute Gasteiger partial charge is 0.481 e. The van der Waals surface area contributed by atoms with Crippen LogP contribution in [-0.4, -0.2) is 46.6 Å². The Morgan fingerprint density at radius 2 is 1.64 bits per heavy atom. The zero-order valence-electron chi connectivity index (χ0n) is 54.5. The molecule has 16 atom stereocenters. The summed E-state index contributed by atoms with van der Waals surface area (Å²) >= 11 is 0. The van der Waals surface area contributed by atoms with E-state index < -0.39 is 29.5 Å². The third-order valence-electron chi connectivity index (χ3n) is 29.1. The number of carboxylic acid groups (broad SMARTS) is 1. The first-order chi connectivity index (χ1) is 43.0. The number of hydrogen-bond acceptors (Lipinski definition) is 5. The summed E-state index contributed by atoms with van der Waals surface area (Å²) in [6, 6.07) is 30.2. The summed E-state index contributed by atoms with van der Waals surface area (Å²) in [5, 5.41) is 49.6. The number of carbonyl (C=O) groups is 1. The van der Waals surface area contributed by atoms with Gasteiger partial charge in [-0.2, -0.15) is 0 Å². The third kappa shape index (κ3) is 8.74. The Morgan fingerprint density at radius 1 is 0.809 bits per heavy atom. The number of hydrogen-bond donors (Lipinski definition) is 5. The van der Waals surface area contributed by atoms with Crippen molar-refractivity contribution >= 4 is 23.2 Å². The molecule has 20 rings (SSSR count). The lowest BCUT2D eigenvalue weighted by molar-refractivity contribution is -0.194. The van der Waals surface area contributed by atoms with Gasteiger partial charge in [0.2, 0.25) is 0 Å². The van der Waals surface area contributed by atoms with Gasteiger partial charge in [-0.3, -0.25) is 4.79 Å². The molecule has 3 aromatic rings. The minimum absolute atomic E-state index is 0.0629. The average molecular weight is 1190 g/mol. The molecule has 6 saturated carbocycles. The van der Waals surface area contributed by atoms with Crippen molar-refractivity contribution in [1.29, 1.82) is 0 Å². The Kier molecular flexibility index (Phi) is 14.4. The van der Waals surface area contributed by atoms with E-state index in [1.165, 1.54) is 126 Å². The zero-order valence-corrected chi connectivity index (χ0v) is 54.5. The van der Waals surface area contributed by atoms with Crippen molar-refractivity contribution in [2.24, 2.45) is 91.2 Å². The fourth-order valence-electron chi connectivity index (χ4n) is 25.9. The number of rotatable bonds is 6. The standard InChI is InChI=1S/C83H104N2O4/c1-52(2)40-62-30-33-77(4)72(87)32-36-82-68-44-59-21-12-13-23-64(59)66-43-55-18-14-22-58(42-55)60-26-28-73(85-50-60)84-39-15-24-63(57-19-10-7-11-20-57)53(3)25-27-65(75(88)89)74-71(86)49-83-70(48-81(62,76(77)82)47-67(66)68)69(82)45-61(78(74,83)5)31-35-80(83)38-37-79(51-80)34-29-56(46-79)41-54-16-8-6-9-17-54/h6,8-9,12-14,16-18,21-23,26,28,30,42,44,47,52,56-57,61,63,65,68,71-72,74,76,84-87H,3,7,10-11,15,19-20,24-25,27,29,31-41,43,45-46,48-51H2,1-2,4-5H3,(H,88,89)/t56-,61+,63-,65-,68+,71-,72+,74+,76-,77-,78-,79-,80-,81-,82+,83-/m1/s1. The van der Waals surface area contributed by atoms with Gasteiger partial charge in [0.05, 0.1) is 23.9 Å². The summed E-state index contributed by atoms with van der Waals surface area (Å²) in [6.45, 7) is 16.7. The minimum atomic E-state index is -0.723.